The van der Waals surface area contributed by atoms with Gasteiger partial charge in [-0.05, 0) is 85.6 Å². The van der Waals surface area contributed by atoms with Crippen LogP contribution < -0.4 is 5.32 Å². The molecule has 0 unspecified atom stereocenters. The molecule has 184 valence electrons. The zero-order valence-corrected chi connectivity index (χ0v) is 21.6. The molecule has 1 saturated carbocycles. The average molecular weight is 469 g/mol. The highest BCUT2D eigenvalue weighted by molar-refractivity contribution is 5.91. The summed E-state index contributed by atoms with van der Waals surface area (Å²) < 4.78 is 0. The van der Waals surface area contributed by atoms with Crippen LogP contribution in [0.25, 0.3) is 0 Å². The molecule has 0 bridgehead atoms. The van der Waals surface area contributed by atoms with Crippen molar-refractivity contribution in [1.82, 2.24) is 4.90 Å². The Morgan fingerprint density at radius 1 is 0.800 bits per heavy atom. The Balaban J connectivity index is 1.52. The summed E-state index contributed by atoms with van der Waals surface area (Å²) in [6, 6.07) is 26.1. The van der Waals surface area contributed by atoms with E-state index in [1.807, 2.05) is 0 Å². The van der Waals surface area contributed by atoms with Gasteiger partial charge in [0.25, 0.3) is 0 Å². The molecule has 0 aliphatic heterocycles. The number of amides is 2. The van der Waals surface area contributed by atoms with Crippen LogP contribution in [0.15, 0.2) is 72.8 Å². The second-order valence-electron chi connectivity index (χ2n) is 9.87. The monoisotopic (exact) mass is 468 g/mol. The molecule has 0 heterocycles. The molecule has 3 nitrogen and oxygen atoms in total. The third-order valence-electron chi connectivity index (χ3n) is 7.78. The van der Waals surface area contributed by atoms with E-state index < -0.39 is 0 Å². The van der Waals surface area contributed by atoms with Crippen molar-refractivity contribution < 1.29 is 4.79 Å². The van der Waals surface area contributed by atoms with Crippen LogP contribution in [-0.2, 0) is 19.3 Å². The number of benzene rings is 3. The summed E-state index contributed by atoms with van der Waals surface area (Å²) in [7, 11) is 0. The van der Waals surface area contributed by atoms with Crippen molar-refractivity contribution in [2.45, 2.75) is 77.7 Å². The molecule has 1 aliphatic rings. The topological polar surface area (TPSA) is 32.3 Å². The largest absolute Gasteiger partial charge is 0.322 e. The Morgan fingerprint density at radius 3 is 2.03 bits per heavy atom. The lowest BCUT2D eigenvalue weighted by molar-refractivity contribution is 0.163. The van der Waals surface area contributed by atoms with Gasteiger partial charge in [-0.2, -0.15) is 0 Å². The molecule has 0 aromatic heterocycles. The van der Waals surface area contributed by atoms with Crippen LogP contribution in [0.4, 0.5) is 10.5 Å². The highest BCUT2D eigenvalue weighted by Crippen LogP contribution is 2.35. The van der Waals surface area contributed by atoms with Gasteiger partial charge in [-0.25, -0.2) is 4.79 Å². The van der Waals surface area contributed by atoms with Crippen LogP contribution in [0.2, 0.25) is 0 Å². The first-order valence-electron chi connectivity index (χ1n) is 13.4. The number of nitrogens with zero attached hydrogens (tertiary/aromatic N) is 1. The Bertz CT molecular complexity index is 1080. The van der Waals surface area contributed by atoms with Gasteiger partial charge >= 0.3 is 6.03 Å². The highest BCUT2D eigenvalue weighted by atomic mass is 16.2. The molecule has 1 N–H and O–H groups in total. The molecule has 0 spiro atoms. The van der Waals surface area contributed by atoms with Crippen molar-refractivity contribution in [1.29, 1.82) is 0 Å². The fourth-order valence-electron chi connectivity index (χ4n) is 5.61. The number of hydrogen-bond acceptors (Lipinski definition) is 1. The maximum Gasteiger partial charge on any atom is 0.322 e. The third kappa shape index (κ3) is 6.14. The van der Waals surface area contributed by atoms with Crippen LogP contribution in [-0.4, -0.2) is 23.5 Å². The summed E-state index contributed by atoms with van der Waals surface area (Å²) in [5.41, 5.74) is 7.50. The maximum absolute atomic E-state index is 13.8. The maximum atomic E-state index is 13.8. The van der Waals surface area contributed by atoms with Crippen molar-refractivity contribution in [2.75, 3.05) is 11.9 Å². The molecule has 35 heavy (non-hydrogen) atoms. The van der Waals surface area contributed by atoms with Gasteiger partial charge < -0.3 is 10.2 Å². The molecule has 0 saturated heterocycles. The van der Waals surface area contributed by atoms with Gasteiger partial charge in [0.2, 0.25) is 0 Å². The van der Waals surface area contributed by atoms with Crippen molar-refractivity contribution >= 4 is 11.7 Å². The number of nitrogens with one attached hydrogen (secondary N) is 1. The van der Waals surface area contributed by atoms with Gasteiger partial charge in [0, 0.05) is 18.3 Å². The van der Waals surface area contributed by atoms with Gasteiger partial charge in [-0.1, -0.05) is 86.6 Å². The fraction of sp³-hybridized carbons (Fsp3) is 0.406. The summed E-state index contributed by atoms with van der Waals surface area (Å²) in [6.07, 6.45) is 7.08. The summed E-state index contributed by atoms with van der Waals surface area (Å²) in [5, 5.41) is 3.36. The molecule has 1 fully saturated rings. The van der Waals surface area contributed by atoms with E-state index in [2.05, 4.69) is 104 Å². The first-order chi connectivity index (χ1) is 17.1. The van der Waals surface area contributed by atoms with Crippen molar-refractivity contribution in [3.8, 4) is 0 Å². The van der Waals surface area contributed by atoms with E-state index in [0.717, 1.165) is 57.2 Å². The minimum atomic E-state index is 0.0531. The number of anilines is 1. The van der Waals surface area contributed by atoms with E-state index in [0.29, 0.717) is 5.92 Å². The van der Waals surface area contributed by atoms with E-state index >= 15 is 0 Å². The van der Waals surface area contributed by atoms with Gasteiger partial charge in [-0.15, -0.1) is 0 Å². The SMILES string of the molecule is CCc1cccc(CC)c1NC(=O)N(CCc1ccccc1C)[C@H]1CC[C@H](c2ccccc2)CC1. The van der Waals surface area contributed by atoms with E-state index in [1.165, 1.54) is 27.8 Å². The molecule has 0 atom stereocenters. The van der Waals surface area contributed by atoms with Gasteiger partial charge in [-0.3, -0.25) is 0 Å². The van der Waals surface area contributed by atoms with Crippen LogP contribution in [0, 0.1) is 6.92 Å². The minimum absolute atomic E-state index is 0.0531. The lowest BCUT2D eigenvalue weighted by Gasteiger charge is -2.37. The van der Waals surface area contributed by atoms with E-state index in [9.17, 15) is 4.79 Å². The van der Waals surface area contributed by atoms with Crippen molar-refractivity contribution in [3.63, 3.8) is 0 Å². The summed E-state index contributed by atoms with van der Waals surface area (Å²) >= 11 is 0. The Kier molecular flexibility index (Phi) is 8.63. The molecule has 0 radical (unpaired) electrons. The van der Waals surface area contributed by atoms with Crippen LogP contribution in [0.5, 0.6) is 0 Å². The lowest BCUT2D eigenvalue weighted by atomic mass is 9.81. The zero-order chi connectivity index (χ0) is 24.6. The molecule has 1 aliphatic carbocycles. The molecular formula is C32H40N2O. The molecule has 2 amide bonds. The standard InChI is InChI=1S/C32H40N2O/c1-4-25-16-11-17-26(5-2)31(25)33-32(35)34(23-22-27-13-10-9-12-24(27)3)30-20-18-29(19-21-30)28-14-7-6-8-15-28/h6-17,29-30H,4-5,18-23H2,1-3H3,(H,33,35)/t29-,30-. The van der Waals surface area contributed by atoms with Crippen molar-refractivity contribution in [2.24, 2.45) is 0 Å². The number of aryl methyl sites for hydroxylation is 3. The second-order valence-corrected chi connectivity index (χ2v) is 9.87. The summed E-state index contributed by atoms with van der Waals surface area (Å²) in [6.45, 7) is 7.22. The van der Waals surface area contributed by atoms with Crippen LogP contribution in [0.3, 0.4) is 0 Å². The number of rotatable bonds is 8. The van der Waals surface area contributed by atoms with Crippen molar-refractivity contribution in [3.05, 3.63) is 101 Å². The normalized spacial score (nSPS) is 17.7. The molecule has 3 aromatic carbocycles. The molecule has 3 heteroatoms. The predicted molar refractivity (Wildman–Crippen MR) is 147 cm³/mol. The summed E-state index contributed by atoms with van der Waals surface area (Å²) in [4.78, 5) is 16.0. The number of carbonyl (C=O) groups excluding carboxylic acids is 1. The van der Waals surface area contributed by atoms with E-state index in [1.54, 1.807) is 0 Å². The third-order valence-corrected chi connectivity index (χ3v) is 7.78. The fourth-order valence-corrected chi connectivity index (χ4v) is 5.61. The lowest BCUT2D eigenvalue weighted by Crippen LogP contribution is -2.45. The first kappa shape index (κ1) is 25.0. The van der Waals surface area contributed by atoms with Gasteiger partial charge in [0.1, 0.15) is 0 Å². The number of para-hydroxylation sites is 1. The zero-order valence-electron chi connectivity index (χ0n) is 21.6. The minimum Gasteiger partial charge on any atom is -0.321 e. The van der Waals surface area contributed by atoms with Gasteiger partial charge in [0.15, 0.2) is 0 Å². The quantitative estimate of drug-likeness (QED) is 0.358. The Morgan fingerprint density at radius 2 is 1.40 bits per heavy atom. The van der Waals surface area contributed by atoms with E-state index in [-0.39, 0.29) is 12.1 Å². The highest BCUT2D eigenvalue weighted by Gasteiger charge is 2.30. The number of hydrogen-bond donors (Lipinski definition) is 1. The average Bonchev–Trinajstić information content (AvgIpc) is 2.90. The molecule has 3 aromatic rings. The van der Waals surface area contributed by atoms with Crippen LogP contribution in [0.1, 0.15) is 73.3 Å². The Labute approximate surface area is 211 Å². The van der Waals surface area contributed by atoms with E-state index in [4.69, 9.17) is 0 Å². The Hall–Kier alpha value is -3.07. The smallest absolute Gasteiger partial charge is 0.321 e. The molecular weight excluding hydrogens is 428 g/mol. The number of carbonyl (C=O) groups is 1. The first-order valence-corrected chi connectivity index (χ1v) is 13.4. The van der Waals surface area contributed by atoms with Crippen LogP contribution >= 0.6 is 0 Å². The predicted octanol–water partition coefficient (Wildman–Crippen LogP) is 7.92. The molecule has 4 rings (SSSR count). The summed E-state index contributed by atoms with van der Waals surface area (Å²) in [5.74, 6) is 0.598. The second kappa shape index (κ2) is 12.1. The number of urea groups is 1. The van der Waals surface area contributed by atoms with Gasteiger partial charge in [0.05, 0.1) is 0 Å².